The number of nitrogens with one attached hydrogen (secondary N) is 1. The molecule has 19 heavy (non-hydrogen) atoms. The summed E-state index contributed by atoms with van der Waals surface area (Å²) < 4.78 is 11.3. The Labute approximate surface area is 118 Å². The maximum absolute atomic E-state index is 5.38. The number of rotatable bonds is 6. The van der Waals surface area contributed by atoms with E-state index in [9.17, 15) is 0 Å². The Morgan fingerprint density at radius 3 is 2.84 bits per heavy atom. The summed E-state index contributed by atoms with van der Waals surface area (Å²) in [6.45, 7) is 4.77. The minimum Gasteiger partial charge on any atom is -0.371 e. The first-order valence-corrected chi connectivity index (χ1v) is 6.64. The van der Waals surface area contributed by atoms with Gasteiger partial charge in [-0.3, -0.25) is 0 Å². The Balaban J connectivity index is 1.91. The molecular formula is C11H14BrN5O2. The Morgan fingerprint density at radius 1 is 1.42 bits per heavy atom. The van der Waals surface area contributed by atoms with Crippen LogP contribution >= 0.6 is 15.9 Å². The van der Waals surface area contributed by atoms with Crippen molar-refractivity contribution in [3.8, 4) is 0 Å². The Bertz CT molecular complexity index is 516. The Hall–Kier alpha value is -1.54. The molecule has 2 aromatic rings. The van der Waals surface area contributed by atoms with Gasteiger partial charge in [-0.2, -0.15) is 4.98 Å². The number of aromatic nitrogens is 4. The highest BCUT2D eigenvalue weighted by molar-refractivity contribution is 9.10. The summed E-state index contributed by atoms with van der Waals surface area (Å²) in [6, 6.07) is 0. The summed E-state index contributed by atoms with van der Waals surface area (Å²) in [5, 5.41) is 6.85. The SMILES string of the molecule is CCOC(C)c1noc(CNc2ncc(Br)cn2)n1. The lowest BCUT2D eigenvalue weighted by Crippen LogP contribution is -2.05. The predicted molar refractivity (Wildman–Crippen MR) is 71.4 cm³/mol. The van der Waals surface area contributed by atoms with E-state index < -0.39 is 0 Å². The molecule has 1 unspecified atom stereocenters. The van der Waals surface area contributed by atoms with Crippen LogP contribution in [0.3, 0.4) is 0 Å². The minimum atomic E-state index is -0.175. The third-order valence-corrected chi connectivity index (χ3v) is 2.69. The molecule has 0 radical (unpaired) electrons. The summed E-state index contributed by atoms with van der Waals surface area (Å²) in [5.41, 5.74) is 0. The quantitative estimate of drug-likeness (QED) is 0.871. The van der Waals surface area contributed by atoms with E-state index in [1.54, 1.807) is 12.4 Å². The molecule has 2 rings (SSSR count). The van der Waals surface area contributed by atoms with E-state index in [4.69, 9.17) is 9.26 Å². The maximum atomic E-state index is 5.38. The molecule has 7 nitrogen and oxygen atoms in total. The second-order valence-electron chi connectivity index (χ2n) is 3.72. The van der Waals surface area contributed by atoms with Crippen LogP contribution in [0.2, 0.25) is 0 Å². The lowest BCUT2D eigenvalue weighted by Gasteiger charge is -2.04. The van der Waals surface area contributed by atoms with Gasteiger partial charge in [-0.1, -0.05) is 5.16 Å². The van der Waals surface area contributed by atoms with E-state index in [0.29, 0.717) is 30.8 Å². The van der Waals surface area contributed by atoms with Gasteiger partial charge in [0.2, 0.25) is 11.8 Å². The highest BCUT2D eigenvalue weighted by Gasteiger charge is 2.13. The van der Waals surface area contributed by atoms with Crippen molar-refractivity contribution in [1.29, 1.82) is 0 Å². The average molecular weight is 328 g/mol. The van der Waals surface area contributed by atoms with Crippen molar-refractivity contribution in [3.05, 3.63) is 28.6 Å². The van der Waals surface area contributed by atoms with Gasteiger partial charge >= 0.3 is 0 Å². The van der Waals surface area contributed by atoms with Gasteiger partial charge in [0.15, 0.2) is 5.82 Å². The van der Waals surface area contributed by atoms with Gasteiger partial charge in [0, 0.05) is 19.0 Å². The van der Waals surface area contributed by atoms with Gasteiger partial charge in [0.1, 0.15) is 6.10 Å². The van der Waals surface area contributed by atoms with Crippen LogP contribution in [0.5, 0.6) is 0 Å². The lowest BCUT2D eigenvalue weighted by atomic mass is 10.4. The molecule has 0 fully saturated rings. The Morgan fingerprint density at radius 2 is 2.16 bits per heavy atom. The maximum Gasteiger partial charge on any atom is 0.246 e. The fourth-order valence-corrected chi connectivity index (χ4v) is 1.59. The number of anilines is 1. The molecule has 8 heteroatoms. The fourth-order valence-electron chi connectivity index (χ4n) is 1.39. The van der Waals surface area contributed by atoms with Crippen LogP contribution in [-0.2, 0) is 11.3 Å². The van der Waals surface area contributed by atoms with Gasteiger partial charge in [-0.25, -0.2) is 9.97 Å². The van der Waals surface area contributed by atoms with Gasteiger partial charge < -0.3 is 14.6 Å². The fraction of sp³-hybridized carbons (Fsp3) is 0.455. The first kappa shape index (κ1) is 13.9. The molecule has 0 bridgehead atoms. The topological polar surface area (TPSA) is 86.0 Å². The van der Waals surface area contributed by atoms with Crippen LogP contribution in [-0.4, -0.2) is 26.7 Å². The zero-order valence-electron chi connectivity index (χ0n) is 10.6. The van der Waals surface area contributed by atoms with E-state index in [1.807, 2.05) is 13.8 Å². The normalized spacial score (nSPS) is 12.4. The van der Waals surface area contributed by atoms with Crippen molar-refractivity contribution in [1.82, 2.24) is 20.1 Å². The Kier molecular flexibility index (Phi) is 4.80. The zero-order valence-corrected chi connectivity index (χ0v) is 12.2. The summed E-state index contributed by atoms with van der Waals surface area (Å²) in [6.07, 6.45) is 3.14. The summed E-state index contributed by atoms with van der Waals surface area (Å²) >= 11 is 3.27. The molecule has 0 aliphatic heterocycles. The van der Waals surface area contributed by atoms with Crippen molar-refractivity contribution < 1.29 is 9.26 Å². The van der Waals surface area contributed by atoms with Crippen molar-refractivity contribution in [2.45, 2.75) is 26.5 Å². The standard InChI is InChI=1S/C11H14BrN5O2/c1-3-18-7(2)10-16-9(19-17-10)6-15-11-13-4-8(12)5-14-11/h4-5,7H,3,6H2,1-2H3,(H,13,14,15). The molecule has 2 aromatic heterocycles. The van der Waals surface area contributed by atoms with E-state index >= 15 is 0 Å². The first-order chi connectivity index (χ1) is 9.19. The highest BCUT2D eigenvalue weighted by atomic mass is 79.9. The van der Waals surface area contributed by atoms with Crippen molar-refractivity contribution in [2.24, 2.45) is 0 Å². The molecule has 102 valence electrons. The van der Waals surface area contributed by atoms with Crippen LogP contribution in [0.1, 0.15) is 31.7 Å². The zero-order chi connectivity index (χ0) is 13.7. The molecule has 0 spiro atoms. The molecule has 1 N–H and O–H groups in total. The van der Waals surface area contributed by atoms with Crippen LogP contribution < -0.4 is 5.32 Å². The highest BCUT2D eigenvalue weighted by Crippen LogP contribution is 2.13. The molecule has 0 aliphatic carbocycles. The predicted octanol–water partition coefficient (Wildman–Crippen LogP) is 2.33. The molecular weight excluding hydrogens is 314 g/mol. The van der Waals surface area contributed by atoms with Crippen LogP contribution in [0, 0.1) is 0 Å². The third kappa shape index (κ3) is 3.97. The largest absolute Gasteiger partial charge is 0.371 e. The van der Waals surface area contributed by atoms with Crippen molar-refractivity contribution >= 4 is 21.9 Å². The number of halogens is 1. The van der Waals surface area contributed by atoms with Crippen LogP contribution in [0.25, 0.3) is 0 Å². The molecule has 0 aliphatic rings. The molecule has 2 heterocycles. The summed E-state index contributed by atoms with van der Waals surface area (Å²) in [7, 11) is 0. The van der Waals surface area contributed by atoms with Gasteiger partial charge in [0.25, 0.3) is 0 Å². The first-order valence-electron chi connectivity index (χ1n) is 5.84. The van der Waals surface area contributed by atoms with Crippen molar-refractivity contribution in [2.75, 3.05) is 11.9 Å². The van der Waals surface area contributed by atoms with E-state index in [1.165, 1.54) is 0 Å². The molecule has 0 saturated heterocycles. The molecule has 0 saturated carbocycles. The van der Waals surface area contributed by atoms with Gasteiger partial charge in [-0.15, -0.1) is 0 Å². The number of hydrogen-bond acceptors (Lipinski definition) is 7. The average Bonchev–Trinajstić information content (AvgIpc) is 2.87. The van der Waals surface area contributed by atoms with Gasteiger partial charge in [0.05, 0.1) is 11.0 Å². The van der Waals surface area contributed by atoms with E-state index in [-0.39, 0.29) is 6.10 Å². The monoisotopic (exact) mass is 327 g/mol. The molecule has 1 atom stereocenters. The van der Waals surface area contributed by atoms with E-state index in [0.717, 1.165) is 4.47 Å². The number of hydrogen-bond donors (Lipinski definition) is 1. The minimum absolute atomic E-state index is 0.175. The van der Waals surface area contributed by atoms with Crippen LogP contribution in [0.15, 0.2) is 21.4 Å². The number of ether oxygens (including phenoxy) is 1. The molecule has 0 aromatic carbocycles. The smallest absolute Gasteiger partial charge is 0.246 e. The summed E-state index contributed by atoms with van der Waals surface area (Å²) in [5.74, 6) is 1.50. The third-order valence-electron chi connectivity index (χ3n) is 2.28. The molecule has 0 amide bonds. The van der Waals surface area contributed by atoms with E-state index in [2.05, 4.69) is 41.4 Å². The lowest BCUT2D eigenvalue weighted by molar-refractivity contribution is 0.0683. The van der Waals surface area contributed by atoms with Crippen molar-refractivity contribution in [3.63, 3.8) is 0 Å². The second-order valence-corrected chi connectivity index (χ2v) is 4.64. The van der Waals surface area contributed by atoms with Gasteiger partial charge in [-0.05, 0) is 29.8 Å². The second kappa shape index (κ2) is 6.58. The number of nitrogens with zero attached hydrogens (tertiary/aromatic N) is 4. The summed E-state index contributed by atoms with van der Waals surface area (Å²) in [4.78, 5) is 12.4. The van der Waals surface area contributed by atoms with Crippen LogP contribution in [0.4, 0.5) is 5.95 Å².